The number of hydrogen-bond acceptors (Lipinski definition) is 2. The second kappa shape index (κ2) is 7.51. The maximum atomic E-state index is 6.34. The van der Waals surface area contributed by atoms with Crippen LogP contribution in [0.25, 0.3) is 67.0 Å². The molecule has 0 spiro atoms. The zero-order valence-electron chi connectivity index (χ0n) is 22.2. The zero-order valence-corrected chi connectivity index (χ0v) is 22.2. The Labute approximate surface area is 230 Å². The molecule has 0 saturated carbocycles. The highest BCUT2D eigenvalue weighted by molar-refractivity contribution is 6.09. The molecule has 0 aliphatic heterocycles. The van der Waals surface area contributed by atoms with Gasteiger partial charge in [0.1, 0.15) is 5.69 Å². The lowest BCUT2D eigenvalue weighted by Gasteiger charge is -2.22. The summed E-state index contributed by atoms with van der Waals surface area (Å²) in [6.45, 7) is 4.64. The fourth-order valence-corrected chi connectivity index (χ4v) is 6.91. The fraction of sp³-hybridized carbons (Fsp3) is 0.0833. The Morgan fingerprint density at radius 3 is 2.02 bits per heavy atom. The van der Waals surface area contributed by atoms with Crippen LogP contribution in [0.15, 0.2) is 120 Å². The van der Waals surface area contributed by atoms with Crippen molar-refractivity contribution in [2.45, 2.75) is 19.3 Å². The van der Waals surface area contributed by atoms with E-state index in [1.54, 1.807) is 0 Å². The highest BCUT2D eigenvalue weighted by atomic mass is 16.4. The van der Waals surface area contributed by atoms with E-state index in [-0.39, 0.29) is 5.41 Å². The number of nitrogens with zero attached hydrogens (tertiary/aromatic N) is 3. The van der Waals surface area contributed by atoms with Crippen LogP contribution in [0.3, 0.4) is 0 Å². The van der Waals surface area contributed by atoms with Gasteiger partial charge in [-0.15, -0.1) is 0 Å². The summed E-state index contributed by atoms with van der Waals surface area (Å²) in [6.07, 6.45) is 0. The number of rotatable bonds is 2. The first kappa shape index (κ1) is 21.8. The van der Waals surface area contributed by atoms with Gasteiger partial charge in [-0.25, -0.2) is 4.40 Å². The molecule has 0 bridgehead atoms. The van der Waals surface area contributed by atoms with Crippen molar-refractivity contribution in [3.05, 3.63) is 126 Å². The van der Waals surface area contributed by atoms with Crippen LogP contribution in [-0.4, -0.2) is 14.0 Å². The molecule has 4 heteroatoms. The number of oxazole rings is 1. The number of aromatic nitrogens is 3. The molecule has 1 aliphatic carbocycles. The molecule has 9 rings (SSSR count). The van der Waals surface area contributed by atoms with Crippen LogP contribution in [0.2, 0.25) is 0 Å². The average Bonchev–Trinajstić information content (AvgIpc) is 3.69. The van der Waals surface area contributed by atoms with Gasteiger partial charge < -0.3 is 4.42 Å². The normalized spacial score (nSPS) is 13.9. The van der Waals surface area contributed by atoms with Crippen molar-refractivity contribution in [1.29, 1.82) is 0 Å². The molecule has 3 aromatic heterocycles. The third-order valence-corrected chi connectivity index (χ3v) is 8.78. The van der Waals surface area contributed by atoms with Crippen LogP contribution in [0.4, 0.5) is 0 Å². The van der Waals surface area contributed by atoms with E-state index in [0.717, 1.165) is 39.2 Å². The molecule has 5 aromatic carbocycles. The summed E-state index contributed by atoms with van der Waals surface area (Å²) in [5, 5.41) is 2.44. The molecule has 0 amide bonds. The lowest BCUT2D eigenvalue weighted by Crippen LogP contribution is -2.15. The summed E-state index contributed by atoms with van der Waals surface area (Å²) >= 11 is 0. The summed E-state index contributed by atoms with van der Waals surface area (Å²) in [6, 6.07) is 41.0. The number of hydrogen-bond donors (Lipinski definition) is 0. The standard InChI is InChI=1S/C36H25N3O/c1-36(2)27-14-6-3-11-23(27)24-20-19-22(21-28(24)36)33-34(39-31-17-9-10-18-32(31)40-35(39)37-33)38-29-15-7-4-12-25(29)26-13-5-8-16-30(26)38/h3-21H,1-2H3. The van der Waals surface area contributed by atoms with Crippen LogP contribution in [0.5, 0.6) is 0 Å². The molecule has 190 valence electrons. The van der Waals surface area contributed by atoms with Gasteiger partial charge in [0.25, 0.3) is 0 Å². The van der Waals surface area contributed by atoms with E-state index >= 15 is 0 Å². The smallest absolute Gasteiger partial charge is 0.309 e. The van der Waals surface area contributed by atoms with Gasteiger partial charge in [0.05, 0.1) is 16.6 Å². The minimum atomic E-state index is -0.0967. The van der Waals surface area contributed by atoms with E-state index in [9.17, 15) is 0 Å². The van der Waals surface area contributed by atoms with Crippen molar-refractivity contribution in [3.8, 4) is 28.2 Å². The van der Waals surface area contributed by atoms with Crippen molar-refractivity contribution in [2.75, 3.05) is 0 Å². The zero-order chi connectivity index (χ0) is 26.6. The Bertz CT molecular complexity index is 2260. The van der Waals surface area contributed by atoms with E-state index in [4.69, 9.17) is 9.40 Å². The number of benzene rings is 5. The van der Waals surface area contributed by atoms with Crippen LogP contribution >= 0.6 is 0 Å². The summed E-state index contributed by atoms with van der Waals surface area (Å²) in [5.74, 6) is 1.58. The lowest BCUT2D eigenvalue weighted by atomic mass is 9.82. The second-order valence-electron chi connectivity index (χ2n) is 11.3. The highest BCUT2D eigenvalue weighted by Crippen LogP contribution is 2.50. The van der Waals surface area contributed by atoms with Crippen molar-refractivity contribution in [1.82, 2.24) is 14.0 Å². The molecule has 0 N–H and O–H groups in total. The van der Waals surface area contributed by atoms with E-state index in [1.165, 1.54) is 33.0 Å². The largest absolute Gasteiger partial charge is 0.423 e. The topological polar surface area (TPSA) is 35.4 Å². The molecule has 8 aromatic rings. The SMILES string of the molecule is CC1(C)c2ccccc2-c2ccc(-c3nc4oc5ccccc5n4c3-n3c4ccccc4c4ccccc43)cc21. The van der Waals surface area contributed by atoms with Crippen molar-refractivity contribution < 1.29 is 4.42 Å². The Kier molecular flexibility index (Phi) is 4.10. The van der Waals surface area contributed by atoms with Gasteiger partial charge in [0.15, 0.2) is 11.4 Å². The molecule has 4 nitrogen and oxygen atoms in total. The molecule has 0 saturated heterocycles. The quantitative estimate of drug-likeness (QED) is 0.230. The van der Waals surface area contributed by atoms with Gasteiger partial charge in [-0.05, 0) is 52.6 Å². The Hall–Kier alpha value is -5.09. The van der Waals surface area contributed by atoms with Crippen LogP contribution in [-0.2, 0) is 5.41 Å². The molecule has 3 heterocycles. The molecule has 40 heavy (non-hydrogen) atoms. The van der Waals surface area contributed by atoms with Crippen molar-refractivity contribution in [3.63, 3.8) is 0 Å². The monoisotopic (exact) mass is 515 g/mol. The number of imidazole rings is 1. The van der Waals surface area contributed by atoms with Crippen LogP contribution in [0.1, 0.15) is 25.0 Å². The predicted molar refractivity (Wildman–Crippen MR) is 162 cm³/mol. The van der Waals surface area contributed by atoms with E-state index in [2.05, 4.69) is 126 Å². The van der Waals surface area contributed by atoms with Gasteiger partial charge in [-0.3, -0.25) is 4.57 Å². The van der Waals surface area contributed by atoms with Crippen molar-refractivity contribution in [2.24, 2.45) is 0 Å². The first-order valence-electron chi connectivity index (χ1n) is 13.7. The summed E-state index contributed by atoms with van der Waals surface area (Å²) < 4.78 is 10.9. The van der Waals surface area contributed by atoms with Gasteiger partial charge >= 0.3 is 5.84 Å². The summed E-state index contributed by atoms with van der Waals surface area (Å²) in [7, 11) is 0. The Morgan fingerprint density at radius 2 is 1.25 bits per heavy atom. The minimum Gasteiger partial charge on any atom is -0.423 e. The number of fused-ring (bicyclic) bond motifs is 9. The molecule has 0 atom stereocenters. The maximum absolute atomic E-state index is 6.34. The van der Waals surface area contributed by atoms with E-state index < -0.39 is 0 Å². The molecule has 0 radical (unpaired) electrons. The summed E-state index contributed by atoms with van der Waals surface area (Å²) in [4.78, 5) is 5.19. The first-order valence-corrected chi connectivity index (χ1v) is 13.7. The molecule has 0 fully saturated rings. The van der Waals surface area contributed by atoms with Crippen LogP contribution < -0.4 is 0 Å². The van der Waals surface area contributed by atoms with Gasteiger partial charge in [0, 0.05) is 21.8 Å². The van der Waals surface area contributed by atoms with Gasteiger partial charge in [-0.1, -0.05) is 98.8 Å². The van der Waals surface area contributed by atoms with E-state index in [1.807, 2.05) is 12.1 Å². The maximum Gasteiger partial charge on any atom is 0.309 e. The second-order valence-corrected chi connectivity index (χ2v) is 11.3. The molecular weight excluding hydrogens is 490 g/mol. The highest BCUT2D eigenvalue weighted by Gasteiger charge is 2.36. The van der Waals surface area contributed by atoms with Gasteiger partial charge in [-0.2, -0.15) is 4.98 Å². The van der Waals surface area contributed by atoms with Crippen LogP contribution in [0, 0.1) is 0 Å². The Balaban J connectivity index is 1.41. The van der Waals surface area contributed by atoms with E-state index in [0.29, 0.717) is 5.84 Å². The summed E-state index contributed by atoms with van der Waals surface area (Å²) in [5.41, 5.74) is 11.3. The number of para-hydroxylation sites is 4. The first-order chi connectivity index (χ1) is 19.6. The third kappa shape index (κ3) is 2.68. The van der Waals surface area contributed by atoms with Gasteiger partial charge in [0.2, 0.25) is 0 Å². The third-order valence-electron chi connectivity index (χ3n) is 8.78. The minimum absolute atomic E-state index is 0.0967. The van der Waals surface area contributed by atoms with Crippen molar-refractivity contribution >= 4 is 38.7 Å². The Morgan fingerprint density at radius 1 is 0.625 bits per heavy atom. The predicted octanol–water partition coefficient (Wildman–Crippen LogP) is 9.15. The fourth-order valence-electron chi connectivity index (χ4n) is 6.91. The molecule has 1 aliphatic rings. The average molecular weight is 516 g/mol. The molecular formula is C36H25N3O. The lowest BCUT2D eigenvalue weighted by molar-refractivity contribution is 0.641. The molecule has 0 unspecified atom stereocenters.